The van der Waals surface area contributed by atoms with Crippen molar-refractivity contribution >= 4 is 43.5 Å². The predicted octanol–water partition coefficient (Wildman–Crippen LogP) is 4.88. The Bertz CT molecular complexity index is 648. The molecule has 0 aromatic heterocycles. The third-order valence-corrected chi connectivity index (χ3v) is 3.72. The van der Waals surface area contributed by atoms with E-state index in [0.29, 0.717) is 6.07 Å². The van der Waals surface area contributed by atoms with Crippen LogP contribution in [0.25, 0.3) is 0 Å². The van der Waals surface area contributed by atoms with Gasteiger partial charge in [0.25, 0.3) is 5.91 Å². The Morgan fingerprint density at radius 2 is 1.70 bits per heavy atom. The van der Waals surface area contributed by atoms with Gasteiger partial charge in [-0.05, 0) is 50.1 Å². The Balaban J connectivity index is 2.38. The van der Waals surface area contributed by atoms with E-state index >= 15 is 0 Å². The number of hydrogen-bond donors (Lipinski definition) is 1. The fraction of sp³-hybridized carbons (Fsp3) is 0. The average Bonchev–Trinajstić information content (AvgIpc) is 2.33. The Labute approximate surface area is 129 Å². The molecular weight excluding hydrogens is 403 g/mol. The summed E-state index contributed by atoms with van der Waals surface area (Å²) >= 11 is 5.98. The first-order valence-corrected chi connectivity index (χ1v) is 6.88. The maximum absolute atomic E-state index is 13.6. The van der Waals surface area contributed by atoms with Crippen LogP contribution in [-0.2, 0) is 0 Å². The molecule has 2 nitrogen and oxygen atoms in total. The van der Waals surface area contributed by atoms with E-state index in [1.807, 2.05) is 0 Å². The lowest BCUT2D eigenvalue weighted by Gasteiger charge is -2.10. The van der Waals surface area contributed by atoms with Crippen LogP contribution in [0.15, 0.2) is 39.3 Å². The van der Waals surface area contributed by atoms with E-state index in [4.69, 9.17) is 0 Å². The van der Waals surface area contributed by atoms with Crippen LogP contribution in [0.5, 0.6) is 0 Å². The maximum atomic E-state index is 13.6. The molecule has 1 N–H and O–H groups in total. The van der Waals surface area contributed by atoms with Crippen molar-refractivity contribution in [3.63, 3.8) is 0 Å². The van der Waals surface area contributed by atoms with Crippen LogP contribution in [0, 0.1) is 17.5 Å². The molecule has 0 spiro atoms. The minimum Gasteiger partial charge on any atom is -0.318 e. The van der Waals surface area contributed by atoms with E-state index in [1.165, 1.54) is 12.1 Å². The molecule has 0 heterocycles. The second kappa shape index (κ2) is 5.97. The summed E-state index contributed by atoms with van der Waals surface area (Å²) in [5, 5.41) is 2.21. The molecule has 7 heteroatoms. The van der Waals surface area contributed by atoms with Crippen LogP contribution in [-0.4, -0.2) is 5.91 Å². The minimum atomic E-state index is -0.960. The lowest BCUT2D eigenvalue weighted by molar-refractivity contribution is 0.102. The molecule has 0 saturated heterocycles. The molecule has 0 unspecified atom stereocenters. The lowest BCUT2D eigenvalue weighted by Crippen LogP contribution is -2.16. The van der Waals surface area contributed by atoms with Crippen molar-refractivity contribution in [2.24, 2.45) is 0 Å². The van der Waals surface area contributed by atoms with Crippen molar-refractivity contribution in [1.29, 1.82) is 0 Å². The van der Waals surface area contributed by atoms with E-state index in [9.17, 15) is 18.0 Å². The number of rotatable bonds is 2. The average molecular weight is 409 g/mol. The van der Waals surface area contributed by atoms with Gasteiger partial charge in [0.05, 0.1) is 11.3 Å². The molecule has 0 fully saturated rings. The van der Waals surface area contributed by atoms with Gasteiger partial charge in [0.2, 0.25) is 0 Å². The van der Waals surface area contributed by atoms with Crippen molar-refractivity contribution in [2.45, 2.75) is 0 Å². The summed E-state index contributed by atoms with van der Waals surface area (Å²) < 4.78 is 40.4. The molecule has 20 heavy (non-hydrogen) atoms. The third kappa shape index (κ3) is 3.04. The van der Waals surface area contributed by atoms with Gasteiger partial charge < -0.3 is 5.32 Å². The van der Waals surface area contributed by atoms with E-state index in [-0.39, 0.29) is 20.2 Å². The highest BCUT2D eigenvalue weighted by Gasteiger charge is 2.19. The fourth-order valence-corrected chi connectivity index (χ4v) is 2.58. The Kier molecular flexibility index (Phi) is 4.49. The number of carbonyl (C=O) groups excluding carboxylic acids is 1. The highest BCUT2D eigenvalue weighted by atomic mass is 79.9. The predicted molar refractivity (Wildman–Crippen MR) is 76.1 cm³/mol. The zero-order valence-corrected chi connectivity index (χ0v) is 12.9. The highest BCUT2D eigenvalue weighted by Crippen LogP contribution is 2.28. The molecular formula is C13H6Br2F3NO. The number of carbonyl (C=O) groups is 1. The maximum Gasteiger partial charge on any atom is 0.259 e. The van der Waals surface area contributed by atoms with Crippen molar-refractivity contribution in [3.8, 4) is 0 Å². The quantitative estimate of drug-likeness (QED) is 0.753. The second-order valence-electron chi connectivity index (χ2n) is 3.80. The van der Waals surface area contributed by atoms with Crippen LogP contribution >= 0.6 is 31.9 Å². The van der Waals surface area contributed by atoms with Gasteiger partial charge in [-0.3, -0.25) is 4.79 Å². The van der Waals surface area contributed by atoms with Crippen LogP contribution < -0.4 is 5.32 Å². The third-order valence-electron chi connectivity index (χ3n) is 2.44. The number of amides is 1. The smallest absolute Gasteiger partial charge is 0.259 e. The largest absolute Gasteiger partial charge is 0.318 e. The topological polar surface area (TPSA) is 29.1 Å². The first-order chi connectivity index (χ1) is 9.40. The molecule has 2 aromatic rings. The lowest BCUT2D eigenvalue weighted by atomic mass is 10.2. The van der Waals surface area contributed by atoms with Crippen molar-refractivity contribution in [3.05, 3.63) is 62.3 Å². The van der Waals surface area contributed by atoms with Gasteiger partial charge in [-0.2, -0.15) is 0 Å². The summed E-state index contributed by atoms with van der Waals surface area (Å²) in [5.41, 5.74) is -0.519. The summed E-state index contributed by atoms with van der Waals surface area (Å²) in [7, 11) is 0. The van der Waals surface area contributed by atoms with Gasteiger partial charge in [0.15, 0.2) is 5.82 Å². The molecule has 0 atom stereocenters. The molecule has 0 bridgehead atoms. The molecule has 0 aliphatic rings. The highest BCUT2D eigenvalue weighted by molar-refractivity contribution is 9.11. The zero-order chi connectivity index (χ0) is 14.9. The molecule has 1 amide bonds. The molecule has 2 rings (SSSR count). The van der Waals surface area contributed by atoms with Crippen LogP contribution in [0.3, 0.4) is 0 Å². The molecule has 0 aliphatic heterocycles. The zero-order valence-electron chi connectivity index (χ0n) is 9.68. The van der Waals surface area contributed by atoms with E-state index < -0.39 is 23.4 Å². The summed E-state index contributed by atoms with van der Waals surface area (Å²) in [5.74, 6) is -3.35. The Morgan fingerprint density at radius 3 is 2.30 bits per heavy atom. The monoisotopic (exact) mass is 407 g/mol. The first-order valence-electron chi connectivity index (χ1n) is 5.30. The molecule has 0 aliphatic carbocycles. The van der Waals surface area contributed by atoms with Crippen LogP contribution in [0.4, 0.5) is 18.9 Å². The van der Waals surface area contributed by atoms with Gasteiger partial charge >= 0.3 is 0 Å². The number of nitrogens with one attached hydrogen (secondary N) is 1. The standard InChI is InChI=1S/C13H6Br2F3NO/c14-7-2-1-3-9(17)11(7)13(20)19-12-8(15)4-6(16)5-10(12)18/h1-5H,(H,19,20). The molecule has 104 valence electrons. The number of halogens is 5. The van der Waals surface area contributed by atoms with Gasteiger partial charge in [-0.25, -0.2) is 13.2 Å². The summed E-state index contributed by atoms with van der Waals surface area (Å²) in [6, 6.07) is 5.63. The van der Waals surface area contributed by atoms with E-state index in [1.54, 1.807) is 0 Å². The number of benzene rings is 2. The minimum absolute atomic E-state index is 0.0239. The summed E-state index contributed by atoms with van der Waals surface area (Å²) in [4.78, 5) is 12.0. The Hall–Kier alpha value is -1.34. The van der Waals surface area contributed by atoms with Gasteiger partial charge in [0, 0.05) is 15.0 Å². The van der Waals surface area contributed by atoms with Crippen molar-refractivity contribution in [2.75, 3.05) is 5.32 Å². The first kappa shape index (κ1) is 15.1. The van der Waals surface area contributed by atoms with Crippen molar-refractivity contribution < 1.29 is 18.0 Å². The molecule has 0 saturated carbocycles. The molecule has 0 radical (unpaired) electrons. The normalized spacial score (nSPS) is 10.4. The van der Waals surface area contributed by atoms with Gasteiger partial charge in [-0.1, -0.05) is 6.07 Å². The summed E-state index contributed by atoms with van der Waals surface area (Å²) in [6.45, 7) is 0. The van der Waals surface area contributed by atoms with Gasteiger partial charge in [-0.15, -0.1) is 0 Å². The van der Waals surface area contributed by atoms with Gasteiger partial charge in [0.1, 0.15) is 11.6 Å². The number of anilines is 1. The molecule has 2 aromatic carbocycles. The van der Waals surface area contributed by atoms with Crippen LogP contribution in [0.1, 0.15) is 10.4 Å². The fourth-order valence-electron chi connectivity index (χ4n) is 1.55. The summed E-state index contributed by atoms with van der Waals surface area (Å²) in [6.07, 6.45) is 0. The second-order valence-corrected chi connectivity index (χ2v) is 5.50. The van der Waals surface area contributed by atoms with E-state index in [2.05, 4.69) is 37.2 Å². The number of hydrogen-bond acceptors (Lipinski definition) is 1. The Morgan fingerprint density at radius 1 is 1.00 bits per heavy atom. The van der Waals surface area contributed by atoms with Crippen LogP contribution in [0.2, 0.25) is 0 Å². The SMILES string of the molecule is O=C(Nc1c(F)cc(F)cc1Br)c1c(F)cccc1Br. The van der Waals surface area contributed by atoms with Crippen molar-refractivity contribution in [1.82, 2.24) is 0 Å². The van der Waals surface area contributed by atoms with E-state index in [0.717, 1.165) is 12.1 Å².